The molecule has 0 radical (unpaired) electrons. The van der Waals surface area contributed by atoms with Gasteiger partial charge in [0.25, 0.3) is 0 Å². The van der Waals surface area contributed by atoms with Crippen molar-refractivity contribution in [3.05, 3.63) is 98.5 Å². The topological polar surface area (TPSA) is 32.8 Å². The maximum atomic E-state index is 13.5. The molecule has 7 heteroatoms. The van der Waals surface area contributed by atoms with Gasteiger partial charge in [-0.2, -0.15) is 0 Å². The molecule has 1 aliphatic rings. The van der Waals surface area contributed by atoms with Gasteiger partial charge in [-0.1, -0.05) is 70.7 Å². The number of halogens is 3. The molecule has 1 fully saturated rings. The van der Waals surface area contributed by atoms with Crippen molar-refractivity contribution in [2.24, 2.45) is 0 Å². The molecule has 1 saturated heterocycles. The summed E-state index contributed by atoms with van der Waals surface area (Å²) in [5.74, 6) is 0.0305. The molecule has 1 aliphatic heterocycles. The quantitative estimate of drug-likeness (QED) is 0.369. The second kappa shape index (κ2) is 11.0. The molecule has 4 rings (SSSR count). The summed E-state index contributed by atoms with van der Waals surface area (Å²) in [5.41, 5.74) is 4.06. The molecule has 2 atom stereocenters. The lowest BCUT2D eigenvalue weighted by molar-refractivity contribution is -0.135. The van der Waals surface area contributed by atoms with Crippen LogP contribution in [0.3, 0.4) is 0 Å². The summed E-state index contributed by atoms with van der Waals surface area (Å²) in [7, 11) is 1.66. The van der Waals surface area contributed by atoms with Crippen LogP contribution in [0.5, 0.6) is 0 Å². The Hall–Kier alpha value is -2.24. The average Bonchev–Trinajstić information content (AvgIpc) is 2.80. The lowest BCUT2D eigenvalue weighted by Crippen LogP contribution is -2.59. The highest BCUT2D eigenvalue weighted by Gasteiger charge is 2.40. The number of carbonyl (C=O) groups is 1. The summed E-state index contributed by atoms with van der Waals surface area (Å²) in [6.45, 7) is 3.67. The van der Waals surface area contributed by atoms with Crippen molar-refractivity contribution < 1.29 is 9.53 Å². The highest BCUT2D eigenvalue weighted by Crippen LogP contribution is 2.39. The van der Waals surface area contributed by atoms with Crippen molar-refractivity contribution in [1.82, 2.24) is 4.90 Å². The van der Waals surface area contributed by atoms with E-state index in [4.69, 9.17) is 39.5 Å². The second-order valence-electron chi connectivity index (χ2n) is 8.56. The molecule has 0 saturated carbocycles. The molecule has 1 heterocycles. The molecule has 3 aromatic carbocycles. The third-order valence-electron chi connectivity index (χ3n) is 6.23. The van der Waals surface area contributed by atoms with Crippen molar-refractivity contribution >= 4 is 46.4 Å². The van der Waals surface area contributed by atoms with E-state index in [1.54, 1.807) is 13.2 Å². The Bertz CT molecular complexity index is 1150. The molecule has 0 N–H and O–H groups in total. The lowest BCUT2D eigenvalue weighted by atomic mass is 9.92. The first-order valence-corrected chi connectivity index (χ1v) is 12.3. The Morgan fingerprint density at radius 2 is 1.71 bits per heavy atom. The number of benzene rings is 3. The van der Waals surface area contributed by atoms with Crippen LogP contribution in [0.25, 0.3) is 0 Å². The first kappa shape index (κ1) is 24.9. The Kier molecular flexibility index (Phi) is 8.05. The molecule has 0 spiro atoms. The van der Waals surface area contributed by atoms with Gasteiger partial charge in [-0.15, -0.1) is 0 Å². The number of hydrogen-bond acceptors (Lipinski definition) is 3. The summed E-state index contributed by atoms with van der Waals surface area (Å²) < 4.78 is 5.64. The third-order valence-corrected chi connectivity index (χ3v) is 7.03. The van der Waals surface area contributed by atoms with Crippen LogP contribution in [0.15, 0.2) is 66.7 Å². The van der Waals surface area contributed by atoms with E-state index in [0.29, 0.717) is 34.8 Å². The van der Waals surface area contributed by atoms with E-state index in [2.05, 4.69) is 36.1 Å². The number of anilines is 1. The molecule has 0 bridgehead atoms. The predicted molar refractivity (Wildman–Crippen MR) is 140 cm³/mol. The van der Waals surface area contributed by atoms with Gasteiger partial charge in [0.05, 0.1) is 25.1 Å². The summed E-state index contributed by atoms with van der Waals surface area (Å²) in [6.07, 6.45) is 0.270. The van der Waals surface area contributed by atoms with Crippen LogP contribution in [-0.4, -0.2) is 43.7 Å². The zero-order chi connectivity index (χ0) is 24.2. The van der Waals surface area contributed by atoms with E-state index in [9.17, 15) is 4.79 Å². The smallest absolute Gasteiger partial charge is 0.227 e. The van der Waals surface area contributed by atoms with E-state index in [1.165, 1.54) is 5.56 Å². The molecule has 0 aliphatic carbocycles. The molecule has 1 amide bonds. The van der Waals surface area contributed by atoms with E-state index >= 15 is 0 Å². The lowest BCUT2D eigenvalue weighted by Gasteiger charge is -2.49. The van der Waals surface area contributed by atoms with Gasteiger partial charge in [0.15, 0.2) is 0 Å². The van der Waals surface area contributed by atoms with Crippen molar-refractivity contribution in [3.63, 3.8) is 0 Å². The number of amides is 1. The van der Waals surface area contributed by atoms with Gasteiger partial charge in [0, 0.05) is 41.0 Å². The van der Waals surface area contributed by atoms with Gasteiger partial charge in [-0.05, 0) is 54.4 Å². The first-order valence-electron chi connectivity index (χ1n) is 11.2. The second-order valence-corrected chi connectivity index (χ2v) is 9.84. The number of hydrogen-bond donors (Lipinski definition) is 0. The Morgan fingerprint density at radius 1 is 0.971 bits per heavy atom. The minimum atomic E-state index is -0.245. The van der Waals surface area contributed by atoms with E-state index in [0.717, 1.165) is 16.8 Å². The Balaban J connectivity index is 1.73. The standard InChI is InChI=1S/C27H27Cl3N2O2/c1-18-6-9-22(10-7-18)31-12-13-32(26(33)15-19-4-3-5-20(28)14-19)25(17-34-2)27(31)23-11-8-21(29)16-24(23)30/h3-11,14,16,25,27H,12-13,15,17H2,1-2H3/t25-,27+/m1/s1. The van der Waals surface area contributed by atoms with Crippen molar-refractivity contribution in [1.29, 1.82) is 0 Å². The zero-order valence-corrected chi connectivity index (χ0v) is 21.4. The number of aryl methyl sites for hydroxylation is 1. The SMILES string of the molecule is COC[C@@H]1[C@H](c2ccc(Cl)cc2Cl)N(c2ccc(C)cc2)CCN1C(=O)Cc1cccc(Cl)c1. The van der Waals surface area contributed by atoms with Crippen LogP contribution >= 0.6 is 34.8 Å². The van der Waals surface area contributed by atoms with E-state index in [1.807, 2.05) is 41.3 Å². The highest BCUT2D eigenvalue weighted by atomic mass is 35.5. The average molecular weight is 518 g/mol. The minimum Gasteiger partial charge on any atom is -0.382 e. The fourth-order valence-electron chi connectivity index (χ4n) is 4.63. The first-order chi connectivity index (χ1) is 16.4. The van der Waals surface area contributed by atoms with Gasteiger partial charge < -0.3 is 14.5 Å². The van der Waals surface area contributed by atoms with Crippen LogP contribution in [0.4, 0.5) is 5.69 Å². The molecule has 3 aromatic rings. The summed E-state index contributed by atoms with van der Waals surface area (Å²) >= 11 is 19.1. The fraction of sp³-hybridized carbons (Fsp3) is 0.296. The molecule has 34 heavy (non-hydrogen) atoms. The number of rotatable bonds is 6. The van der Waals surface area contributed by atoms with Crippen LogP contribution in [0.2, 0.25) is 15.1 Å². The largest absolute Gasteiger partial charge is 0.382 e. The van der Waals surface area contributed by atoms with Crippen LogP contribution < -0.4 is 4.90 Å². The predicted octanol–water partition coefficient (Wildman–Crippen LogP) is 6.60. The van der Waals surface area contributed by atoms with Crippen LogP contribution in [0.1, 0.15) is 22.7 Å². The van der Waals surface area contributed by atoms with E-state index < -0.39 is 0 Å². The maximum Gasteiger partial charge on any atom is 0.227 e. The van der Waals surface area contributed by atoms with Gasteiger partial charge in [0.2, 0.25) is 5.91 Å². The van der Waals surface area contributed by atoms with Gasteiger partial charge in [0.1, 0.15) is 0 Å². The van der Waals surface area contributed by atoms with Crippen LogP contribution in [0, 0.1) is 6.92 Å². The zero-order valence-electron chi connectivity index (χ0n) is 19.2. The summed E-state index contributed by atoms with van der Waals surface area (Å²) in [5, 5.41) is 1.76. The molecule has 0 unspecified atom stereocenters. The normalized spacial score (nSPS) is 18.3. The summed E-state index contributed by atoms with van der Waals surface area (Å²) in [4.78, 5) is 17.8. The number of piperazine rings is 1. The monoisotopic (exact) mass is 516 g/mol. The Morgan fingerprint density at radius 3 is 2.38 bits per heavy atom. The number of nitrogens with zero attached hydrogens (tertiary/aromatic N) is 2. The summed E-state index contributed by atoms with van der Waals surface area (Å²) in [6, 6.07) is 20.9. The minimum absolute atomic E-state index is 0.0305. The number of ether oxygens (including phenoxy) is 1. The Labute approximate surface area is 216 Å². The van der Waals surface area contributed by atoms with Crippen molar-refractivity contribution in [2.75, 3.05) is 31.7 Å². The molecular weight excluding hydrogens is 491 g/mol. The molecule has 4 nitrogen and oxygen atoms in total. The third kappa shape index (κ3) is 5.52. The molecule has 178 valence electrons. The van der Waals surface area contributed by atoms with E-state index in [-0.39, 0.29) is 24.4 Å². The van der Waals surface area contributed by atoms with Crippen molar-refractivity contribution in [2.45, 2.75) is 25.4 Å². The molecular formula is C27H27Cl3N2O2. The van der Waals surface area contributed by atoms with Crippen LogP contribution in [-0.2, 0) is 16.0 Å². The number of carbonyl (C=O) groups excluding carboxylic acids is 1. The highest BCUT2D eigenvalue weighted by molar-refractivity contribution is 6.35. The molecule has 0 aromatic heterocycles. The van der Waals surface area contributed by atoms with Crippen molar-refractivity contribution in [3.8, 4) is 0 Å². The number of methoxy groups -OCH3 is 1. The van der Waals surface area contributed by atoms with Gasteiger partial charge in [-0.3, -0.25) is 4.79 Å². The maximum absolute atomic E-state index is 13.5. The fourth-order valence-corrected chi connectivity index (χ4v) is 5.36. The van der Waals surface area contributed by atoms with Gasteiger partial charge in [-0.25, -0.2) is 0 Å². The van der Waals surface area contributed by atoms with Gasteiger partial charge >= 0.3 is 0 Å².